The van der Waals surface area contributed by atoms with Crippen LogP contribution in [0.15, 0.2) is 88.6 Å². The van der Waals surface area contributed by atoms with Crippen molar-refractivity contribution >= 4 is 11.6 Å². The normalized spacial score (nSPS) is 10.8. The molecule has 0 aliphatic rings. The van der Waals surface area contributed by atoms with Crippen LogP contribution < -0.4 is 16.4 Å². The third-order valence-electron chi connectivity index (χ3n) is 5.25. The molecule has 0 aliphatic carbocycles. The van der Waals surface area contributed by atoms with Gasteiger partial charge in [-0.1, -0.05) is 48.5 Å². The van der Waals surface area contributed by atoms with Gasteiger partial charge in [-0.05, 0) is 36.8 Å². The number of aromatic nitrogens is 3. The molecule has 2 heterocycles. The Hall–Kier alpha value is -4.13. The van der Waals surface area contributed by atoms with Gasteiger partial charge in [-0.25, -0.2) is 4.68 Å². The van der Waals surface area contributed by atoms with Crippen LogP contribution in [0.25, 0.3) is 5.69 Å². The number of anilines is 1. The summed E-state index contributed by atoms with van der Waals surface area (Å²) in [5, 5.41) is 2.65. The van der Waals surface area contributed by atoms with Crippen LogP contribution in [0.2, 0.25) is 0 Å². The molecule has 1 amide bonds. The van der Waals surface area contributed by atoms with Gasteiger partial charge in [-0.15, -0.1) is 0 Å². The molecule has 0 spiro atoms. The minimum Gasteiger partial charge on any atom is -0.316 e. The molecule has 1 N–H and O–H groups in total. The summed E-state index contributed by atoms with van der Waals surface area (Å²) < 4.78 is 4.62. The maximum atomic E-state index is 13.0. The monoisotopic (exact) mass is 414 g/mol. The first-order chi connectivity index (χ1) is 15.0. The quantitative estimate of drug-likeness (QED) is 0.545. The third-order valence-corrected chi connectivity index (χ3v) is 5.25. The van der Waals surface area contributed by atoms with E-state index >= 15 is 0 Å². The van der Waals surface area contributed by atoms with E-state index in [2.05, 4.69) is 5.32 Å². The summed E-state index contributed by atoms with van der Waals surface area (Å²) in [6.45, 7) is 2.10. The number of nitrogens with zero attached hydrogens (tertiary/aromatic N) is 3. The van der Waals surface area contributed by atoms with E-state index in [4.69, 9.17) is 0 Å². The van der Waals surface area contributed by atoms with Gasteiger partial charge in [0, 0.05) is 13.2 Å². The van der Waals surface area contributed by atoms with Crippen molar-refractivity contribution in [2.75, 3.05) is 5.32 Å². The van der Waals surface area contributed by atoms with E-state index in [1.54, 1.807) is 30.9 Å². The summed E-state index contributed by atoms with van der Waals surface area (Å²) in [7, 11) is 1.74. The first-order valence-corrected chi connectivity index (χ1v) is 9.86. The maximum Gasteiger partial charge on any atom is 0.295 e. The average molecular weight is 414 g/mol. The van der Waals surface area contributed by atoms with Crippen molar-refractivity contribution in [3.63, 3.8) is 0 Å². The topological polar surface area (TPSA) is 78.0 Å². The van der Waals surface area contributed by atoms with E-state index in [9.17, 15) is 14.4 Å². The van der Waals surface area contributed by atoms with Gasteiger partial charge in [0.05, 0.1) is 17.9 Å². The zero-order valence-corrected chi connectivity index (χ0v) is 17.3. The second-order valence-electron chi connectivity index (χ2n) is 7.23. The molecule has 0 radical (unpaired) electrons. The van der Waals surface area contributed by atoms with Gasteiger partial charge >= 0.3 is 0 Å². The fourth-order valence-electron chi connectivity index (χ4n) is 3.51. The number of pyridine rings is 1. The fourth-order valence-corrected chi connectivity index (χ4v) is 3.51. The molecule has 2 aromatic carbocycles. The standard InChI is InChI=1S/C24H22N4O3/c1-17-21(24(31)28(26(17)2)19-12-7-4-8-13-19)25-22(29)20-14-9-15-27(23(20)30)16-18-10-5-3-6-11-18/h3-15H,16H2,1-2H3,(H,25,29). The van der Waals surface area contributed by atoms with Gasteiger partial charge in [-0.2, -0.15) is 0 Å². The van der Waals surface area contributed by atoms with E-state index in [1.807, 2.05) is 60.7 Å². The van der Waals surface area contributed by atoms with Crippen molar-refractivity contribution in [3.05, 3.63) is 117 Å². The van der Waals surface area contributed by atoms with Gasteiger partial charge in [0.25, 0.3) is 17.0 Å². The Morgan fingerprint density at radius 3 is 2.19 bits per heavy atom. The number of rotatable bonds is 5. The molecule has 0 atom stereocenters. The highest BCUT2D eigenvalue weighted by Gasteiger charge is 2.20. The number of para-hydroxylation sites is 1. The minimum absolute atomic E-state index is 0.0210. The first kappa shape index (κ1) is 20.2. The predicted molar refractivity (Wildman–Crippen MR) is 120 cm³/mol. The molecule has 0 fully saturated rings. The Balaban J connectivity index is 1.66. The SMILES string of the molecule is Cc1c(NC(=O)c2cccn(Cc3ccccc3)c2=O)c(=O)n(-c2ccccc2)n1C. The molecular formula is C24H22N4O3. The lowest BCUT2D eigenvalue weighted by Gasteiger charge is -2.08. The molecule has 0 aliphatic heterocycles. The number of hydrogen-bond donors (Lipinski definition) is 1. The van der Waals surface area contributed by atoms with E-state index in [1.165, 1.54) is 15.3 Å². The van der Waals surface area contributed by atoms with Gasteiger partial charge in [0.2, 0.25) is 0 Å². The molecule has 2 aromatic heterocycles. The number of carbonyl (C=O) groups is 1. The Kier molecular flexibility index (Phi) is 5.41. The van der Waals surface area contributed by atoms with Crippen molar-refractivity contribution in [1.82, 2.24) is 13.9 Å². The number of benzene rings is 2. The van der Waals surface area contributed by atoms with E-state index in [-0.39, 0.29) is 16.8 Å². The summed E-state index contributed by atoms with van der Waals surface area (Å²) in [5.74, 6) is -0.613. The summed E-state index contributed by atoms with van der Waals surface area (Å²) in [5.41, 5.74) is 1.57. The fraction of sp³-hybridized carbons (Fsp3) is 0.125. The van der Waals surface area contributed by atoms with Crippen LogP contribution in [-0.4, -0.2) is 19.8 Å². The molecule has 7 heteroatoms. The zero-order valence-electron chi connectivity index (χ0n) is 17.3. The van der Waals surface area contributed by atoms with Crippen molar-refractivity contribution in [2.45, 2.75) is 13.5 Å². The van der Waals surface area contributed by atoms with Crippen LogP contribution in [0.4, 0.5) is 5.69 Å². The highest BCUT2D eigenvalue weighted by Crippen LogP contribution is 2.14. The molecule has 0 saturated carbocycles. The highest BCUT2D eigenvalue weighted by atomic mass is 16.2. The molecule has 7 nitrogen and oxygen atoms in total. The number of nitrogens with one attached hydrogen (secondary N) is 1. The summed E-state index contributed by atoms with van der Waals surface area (Å²) in [6.07, 6.45) is 1.64. The number of carbonyl (C=O) groups excluding carboxylic acids is 1. The molecule has 31 heavy (non-hydrogen) atoms. The number of amides is 1. The lowest BCUT2D eigenvalue weighted by molar-refractivity contribution is 0.102. The van der Waals surface area contributed by atoms with Crippen LogP contribution in [0, 0.1) is 6.92 Å². The molecule has 0 bridgehead atoms. The van der Waals surface area contributed by atoms with Crippen LogP contribution in [0.1, 0.15) is 21.6 Å². The molecular weight excluding hydrogens is 392 g/mol. The minimum atomic E-state index is -0.613. The summed E-state index contributed by atoms with van der Waals surface area (Å²) in [4.78, 5) is 38.8. The number of hydrogen-bond acceptors (Lipinski definition) is 3. The first-order valence-electron chi connectivity index (χ1n) is 9.86. The summed E-state index contributed by atoms with van der Waals surface area (Å²) in [6, 6.07) is 21.8. The largest absolute Gasteiger partial charge is 0.316 e. The van der Waals surface area contributed by atoms with Gasteiger partial charge in [0.15, 0.2) is 0 Å². The Morgan fingerprint density at radius 1 is 0.871 bits per heavy atom. The molecule has 4 rings (SSSR count). The lowest BCUT2D eigenvalue weighted by atomic mass is 10.2. The average Bonchev–Trinajstić information content (AvgIpc) is 2.99. The Bertz CT molecular complexity index is 1350. The van der Waals surface area contributed by atoms with Crippen LogP contribution >= 0.6 is 0 Å². The van der Waals surface area contributed by atoms with Crippen molar-refractivity contribution in [3.8, 4) is 5.69 Å². The second kappa shape index (κ2) is 8.31. The maximum absolute atomic E-state index is 13.0. The Morgan fingerprint density at radius 2 is 1.52 bits per heavy atom. The lowest BCUT2D eigenvalue weighted by Crippen LogP contribution is -2.30. The molecule has 4 aromatic rings. The molecule has 0 saturated heterocycles. The highest BCUT2D eigenvalue weighted by molar-refractivity contribution is 6.04. The van der Waals surface area contributed by atoms with E-state index in [0.717, 1.165) is 5.56 Å². The van der Waals surface area contributed by atoms with Crippen molar-refractivity contribution in [1.29, 1.82) is 0 Å². The van der Waals surface area contributed by atoms with Gasteiger partial charge < -0.3 is 9.88 Å². The second-order valence-corrected chi connectivity index (χ2v) is 7.23. The van der Waals surface area contributed by atoms with Gasteiger partial charge in [0.1, 0.15) is 11.3 Å². The van der Waals surface area contributed by atoms with Crippen LogP contribution in [-0.2, 0) is 13.6 Å². The van der Waals surface area contributed by atoms with Crippen LogP contribution in [0.3, 0.4) is 0 Å². The van der Waals surface area contributed by atoms with E-state index in [0.29, 0.717) is 17.9 Å². The summed E-state index contributed by atoms with van der Waals surface area (Å²) >= 11 is 0. The van der Waals surface area contributed by atoms with Gasteiger partial charge in [-0.3, -0.25) is 19.1 Å². The smallest absolute Gasteiger partial charge is 0.295 e. The Labute approximate surface area is 178 Å². The zero-order chi connectivity index (χ0) is 22.0. The van der Waals surface area contributed by atoms with E-state index < -0.39 is 11.5 Å². The van der Waals surface area contributed by atoms with Crippen LogP contribution in [0.5, 0.6) is 0 Å². The third kappa shape index (κ3) is 3.85. The molecule has 0 unspecified atom stereocenters. The predicted octanol–water partition coefficient (Wildman–Crippen LogP) is 2.95. The molecule has 156 valence electrons. The van der Waals surface area contributed by atoms with Crippen molar-refractivity contribution in [2.24, 2.45) is 7.05 Å². The van der Waals surface area contributed by atoms with Crippen molar-refractivity contribution < 1.29 is 4.79 Å².